The minimum atomic E-state index is -0.679. The Morgan fingerprint density at radius 3 is 2.68 bits per heavy atom. The molecular weight excluding hydrogens is 476 g/mol. The minimum Gasteiger partial charge on any atom is -0.462 e. The van der Waals surface area contributed by atoms with Gasteiger partial charge in [0.1, 0.15) is 10.5 Å². The van der Waals surface area contributed by atoms with Crippen LogP contribution in [-0.4, -0.2) is 49.9 Å². The number of nitrogens with one attached hydrogen (secondary N) is 1. The summed E-state index contributed by atoms with van der Waals surface area (Å²) in [5, 5.41) is 12.7. The average Bonchev–Trinajstić information content (AvgIpc) is 3.31. The van der Waals surface area contributed by atoms with Crippen molar-refractivity contribution >= 4 is 68.0 Å². The molecule has 0 atom stereocenters. The lowest BCUT2D eigenvalue weighted by Crippen LogP contribution is -2.16. The molecule has 4 rings (SSSR count). The van der Waals surface area contributed by atoms with Crippen LogP contribution < -0.4 is 11.1 Å². The highest BCUT2D eigenvalue weighted by Gasteiger charge is 2.26. The topological polar surface area (TPSA) is 142 Å². The molecule has 176 valence electrons. The highest BCUT2D eigenvalue weighted by Crippen LogP contribution is 2.34. The van der Waals surface area contributed by atoms with E-state index in [-0.39, 0.29) is 27.8 Å². The van der Waals surface area contributed by atoms with Crippen molar-refractivity contribution in [3.63, 3.8) is 0 Å². The number of para-hydroxylation sites is 1. The van der Waals surface area contributed by atoms with Crippen molar-refractivity contribution in [3.8, 4) is 0 Å². The van der Waals surface area contributed by atoms with Gasteiger partial charge in [-0.2, -0.15) is 0 Å². The maximum atomic E-state index is 12.7. The van der Waals surface area contributed by atoms with Gasteiger partial charge in [0.05, 0.1) is 28.3 Å². The van der Waals surface area contributed by atoms with E-state index in [4.69, 9.17) is 10.5 Å². The predicted octanol–water partition coefficient (Wildman–Crippen LogP) is 3.38. The molecule has 1 aromatic carbocycles. The van der Waals surface area contributed by atoms with Crippen molar-refractivity contribution in [1.82, 2.24) is 19.7 Å². The molecule has 2 amide bonds. The lowest BCUT2D eigenvalue weighted by molar-refractivity contribution is -0.113. The number of esters is 1. The molecule has 0 bridgehead atoms. The number of nitrogens with zero attached hydrogens (tertiary/aromatic N) is 4. The fourth-order valence-electron chi connectivity index (χ4n) is 3.65. The van der Waals surface area contributed by atoms with Crippen molar-refractivity contribution in [2.45, 2.75) is 32.5 Å². The molecule has 12 heteroatoms. The lowest BCUT2D eigenvalue weighted by Gasteiger charge is -2.07. The van der Waals surface area contributed by atoms with Crippen LogP contribution in [0.1, 0.15) is 39.4 Å². The largest absolute Gasteiger partial charge is 0.462 e. The Hall–Kier alpha value is -3.51. The number of fused-ring (bicyclic) bond motifs is 3. The van der Waals surface area contributed by atoms with Gasteiger partial charge in [-0.05, 0) is 32.4 Å². The summed E-state index contributed by atoms with van der Waals surface area (Å²) < 4.78 is 7.12. The zero-order valence-corrected chi connectivity index (χ0v) is 20.4. The summed E-state index contributed by atoms with van der Waals surface area (Å²) in [5.74, 6) is -1.73. The van der Waals surface area contributed by atoms with Gasteiger partial charge in [0.25, 0.3) is 5.91 Å². The van der Waals surface area contributed by atoms with Gasteiger partial charge in [-0.1, -0.05) is 30.0 Å². The molecule has 0 unspecified atom stereocenters. The number of thiophene rings is 1. The molecular formula is C22H22N6O4S2. The number of amides is 2. The van der Waals surface area contributed by atoms with Crippen LogP contribution in [0.3, 0.4) is 0 Å². The first kappa shape index (κ1) is 23.6. The smallest absolute Gasteiger partial charge is 0.341 e. The number of carbonyl (C=O) groups is 3. The molecule has 3 aromatic heterocycles. The van der Waals surface area contributed by atoms with Crippen LogP contribution >= 0.6 is 23.1 Å². The Morgan fingerprint density at radius 1 is 1.21 bits per heavy atom. The number of anilines is 1. The number of nitrogens with two attached hydrogens (primary N) is 1. The number of rotatable bonds is 8. The number of hydrogen-bond acceptors (Lipinski definition) is 9. The van der Waals surface area contributed by atoms with Crippen molar-refractivity contribution in [2.24, 2.45) is 5.73 Å². The molecule has 10 nitrogen and oxygen atoms in total. The van der Waals surface area contributed by atoms with E-state index in [0.29, 0.717) is 28.4 Å². The monoisotopic (exact) mass is 498 g/mol. The van der Waals surface area contributed by atoms with Crippen LogP contribution in [0, 0.1) is 6.92 Å². The summed E-state index contributed by atoms with van der Waals surface area (Å²) >= 11 is 2.06. The third-order valence-corrected chi connectivity index (χ3v) is 7.17. The Balaban J connectivity index is 1.54. The molecule has 0 fully saturated rings. The standard InChI is InChI=1S/C22H22N6O4S2/c1-4-28-13-9-7-6-8-12(13)16-19(28)25-22(27-26-16)33-10-14(29)24-20-15(21(31)32-5-2)11(3)17(34-20)18(23)30/h6-9H,4-5,10H2,1-3H3,(H2,23,30)(H,24,29). The van der Waals surface area contributed by atoms with E-state index < -0.39 is 17.8 Å². The number of aromatic nitrogens is 4. The molecule has 4 aromatic rings. The van der Waals surface area contributed by atoms with Crippen molar-refractivity contribution in [3.05, 3.63) is 40.3 Å². The van der Waals surface area contributed by atoms with E-state index in [1.807, 2.05) is 31.2 Å². The fourth-order valence-corrected chi connectivity index (χ4v) is 5.29. The Labute approximate surface area is 202 Å². The number of ether oxygens (including phenoxy) is 1. The van der Waals surface area contributed by atoms with Crippen LogP contribution in [0.5, 0.6) is 0 Å². The predicted molar refractivity (Wildman–Crippen MR) is 131 cm³/mol. The van der Waals surface area contributed by atoms with Crippen LogP contribution in [0.25, 0.3) is 22.1 Å². The zero-order valence-electron chi connectivity index (χ0n) is 18.7. The first-order chi connectivity index (χ1) is 16.3. The number of benzene rings is 1. The Morgan fingerprint density at radius 2 is 1.97 bits per heavy atom. The zero-order chi connectivity index (χ0) is 24.4. The summed E-state index contributed by atoms with van der Waals surface area (Å²) in [6.45, 7) is 6.16. The second-order valence-electron chi connectivity index (χ2n) is 7.21. The SMILES string of the molecule is CCOC(=O)c1c(NC(=O)CSc2nnc3c4ccccc4n(CC)c3n2)sc(C(N)=O)c1C. The van der Waals surface area contributed by atoms with E-state index >= 15 is 0 Å². The van der Waals surface area contributed by atoms with Crippen LogP contribution in [0.4, 0.5) is 5.00 Å². The first-order valence-corrected chi connectivity index (χ1v) is 12.3. The molecule has 0 spiro atoms. The number of thioether (sulfide) groups is 1. The van der Waals surface area contributed by atoms with Gasteiger partial charge < -0.3 is 20.4 Å². The molecule has 34 heavy (non-hydrogen) atoms. The van der Waals surface area contributed by atoms with Gasteiger partial charge in [-0.25, -0.2) is 9.78 Å². The molecule has 3 heterocycles. The normalized spacial score (nSPS) is 11.1. The molecule has 0 saturated carbocycles. The van der Waals surface area contributed by atoms with E-state index in [9.17, 15) is 14.4 Å². The summed E-state index contributed by atoms with van der Waals surface area (Å²) in [6.07, 6.45) is 0. The second kappa shape index (κ2) is 9.77. The second-order valence-corrected chi connectivity index (χ2v) is 9.17. The molecule has 0 aliphatic rings. The number of carbonyl (C=O) groups excluding carboxylic acids is 3. The highest BCUT2D eigenvalue weighted by atomic mass is 32.2. The third-order valence-electron chi connectivity index (χ3n) is 5.11. The summed E-state index contributed by atoms with van der Waals surface area (Å²) in [7, 11) is 0. The maximum absolute atomic E-state index is 12.7. The van der Waals surface area contributed by atoms with Crippen molar-refractivity contribution in [2.75, 3.05) is 17.7 Å². The maximum Gasteiger partial charge on any atom is 0.341 e. The van der Waals surface area contributed by atoms with Crippen LogP contribution in [0.2, 0.25) is 0 Å². The molecule has 0 aliphatic heterocycles. The minimum absolute atomic E-state index is 0.0232. The number of aryl methyl sites for hydroxylation is 1. The molecule has 3 N–H and O–H groups in total. The Kier molecular flexibility index (Phi) is 6.80. The summed E-state index contributed by atoms with van der Waals surface area (Å²) in [6, 6.07) is 7.89. The quantitative estimate of drug-likeness (QED) is 0.278. The number of hydrogen-bond donors (Lipinski definition) is 2. The Bertz CT molecular complexity index is 1430. The van der Waals surface area contributed by atoms with Crippen molar-refractivity contribution in [1.29, 1.82) is 0 Å². The first-order valence-electron chi connectivity index (χ1n) is 10.5. The average molecular weight is 499 g/mol. The third kappa shape index (κ3) is 4.33. The summed E-state index contributed by atoms with van der Waals surface area (Å²) in [4.78, 5) is 41.6. The van der Waals surface area contributed by atoms with E-state index in [1.165, 1.54) is 0 Å². The van der Waals surface area contributed by atoms with E-state index in [0.717, 1.165) is 34.0 Å². The van der Waals surface area contributed by atoms with Crippen LogP contribution in [0.15, 0.2) is 29.4 Å². The summed E-state index contributed by atoms with van der Waals surface area (Å²) in [5.41, 5.74) is 8.35. The fraction of sp³-hybridized carbons (Fsp3) is 0.273. The lowest BCUT2D eigenvalue weighted by atomic mass is 10.1. The van der Waals surface area contributed by atoms with Gasteiger partial charge in [-0.15, -0.1) is 21.5 Å². The highest BCUT2D eigenvalue weighted by molar-refractivity contribution is 7.99. The van der Waals surface area contributed by atoms with E-state index in [2.05, 4.69) is 25.1 Å². The van der Waals surface area contributed by atoms with Gasteiger partial charge in [-0.3, -0.25) is 9.59 Å². The van der Waals surface area contributed by atoms with Gasteiger partial charge in [0.15, 0.2) is 5.65 Å². The van der Waals surface area contributed by atoms with Crippen LogP contribution in [-0.2, 0) is 16.1 Å². The molecule has 0 aliphatic carbocycles. The molecule has 0 radical (unpaired) electrons. The van der Waals surface area contributed by atoms with Crippen molar-refractivity contribution < 1.29 is 19.1 Å². The van der Waals surface area contributed by atoms with E-state index in [1.54, 1.807) is 13.8 Å². The van der Waals surface area contributed by atoms with Gasteiger partial charge >= 0.3 is 5.97 Å². The van der Waals surface area contributed by atoms with Gasteiger partial charge in [0.2, 0.25) is 11.1 Å². The van der Waals surface area contributed by atoms with Gasteiger partial charge in [0, 0.05) is 11.9 Å². The molecule has 0 saturated heterocycles. The number of primary amides is 1.